The Balaban J connectivity index is 2.57. The molecule has 0 fully saturated rings. The Labute approximate surface area is 109 Å². The van der Waals surface area contributed by atoms with Crippen LogP contribution in [0.1, 0.15) is 33.6 Å². The van der Waals surface area contributed by atoms with Gasteiger partial charge in [0.25, 0.3) is 0 Å². The van der Waals surface area contributed by atoms with Gasteiger partial charge in [0.1, 0.15) is 0 Å². The van der Waals surface area contributed by atoms with Crippen LogP contribution in [-0.4, -0.2) is 29.8 Å². The zero-order valence-electron chi connectivity index (χ0n) is 11.6. The first-order chi connectivity index (χ1) is 8.69. The van der Waals surface area contributed by atoms with Crippen molar-refractivity contribution in [3.8, 4) is 5.88 Å². The lowest BCUT2D eigenvalue weighted by molar-refractivity contribution is 0.127. The fourth-order valence-electron chi connectivity index (χ4n) is 1.79. The molecule has 0 amide bonds. The summed E-state index contributed by atoms with van der Waals surface area (Å²) in [5.74, 6) is 0.641. The van der Waals surface area contributed by atoms with Crippen LogP contribution in [-0.2, 0) is 0 Å². The molecule has 1 heterocycles. The van der Waals surface area contributed by atoms with Crippen LogP contribution in [0.3, 0.4) is 0 Å². The molecule has 1 aromatic rings. The normalized spacial score (nSPS) is 11.3. The van der Waals surface area contributed by atoms with Gasteiger partial charge in [-0.05, 0) is 25.8 Å². The van der Waals surface area contributed by atoms with Crippen molar-refractivity contribution < 1.29 is 9.84 Å². The van der Waals surface area contributed by atoms with Gasteiger partial charge in [-0.2, -0.15) is 0 Å². The van der Waals surface area contributed by atoms with E-state index < -0.39 is 0 Å². The third kappa shape index (κ3) is 3.88. The minimum atomic E-state index is -0.0431. The number of nitrogens with one attached hydrogen (secondary N) is 1. The average Bonchev–Trinajstić information content (AvgIpc) is 2.43. The number of aromatic nitrogens is 1. The summed E-state index contributed by atoms with van der Waals surface area (Å²) < 4.78 is 5.29. The molecule has 1 aromatic heterocycles. The van der Waals surface area contributed by atoms with Crippen molar-refractivity contribution in [1.82, 2.24) is 4.98 Å². The fraction of sp³-hybridized carbons (Fsp3) is 0.643. The SMILES string of the molecule is CCOc1ccc(NCC(CC)(CC)CO)cn1. The van der Waals surface area contributed by atoms with Gasteiger partial charge in [-0.15, -0.1) is 0 Å². The van der Waals surface area contributed by atoms with Crippen LogP contribution >= 0.6 is 0 Å². The molecule has 4 heteroatoms. The molecule has 102 valence electrons. The summed E-state index contributed by atoms with van der Waals surface area (Å²) in [6, 6.07) is 3.80. The summed E-state index contributed by atoms with van der Waals surface area (Å²) in [6.07, 6.45) is 3.67. The molecule has 0 aliphatic heterocycles. The first-order valence-electron chi connectivity index (χ1n) is 6.63. The summed E-state index contributed by atoms with van der Waals surface area (Å²) in [5.41, 5.74) is 0.914. The van der Waals surface area contributed by atoms with Crippen molar-refractivity contribution in [2.24, 2.45) is 5.41 Å². The molecule has 0 radical (unpaired) electrons. The number of hydrogen-bond donors (Lipinski definition) is 2. The molecule has 0 saturated carbocycles. The Kier molecular flexibility index (Phi) is 5.92. The Hall–Kier alpha value is -1.29. The Bertz CT molecular complexity index is 326. The van der Waals surface area contributed by atoms with E-state index in [0.717, 1.165) is 25.1 Å². The van der Waals surface area contributed by atoms with Crippen LogP contribution in [0.2, 0.25) is 0 Å². The average molecular weight is 252 g/mol. The highest BCUT2D eigenvalue weighted by atomic mass is 16.5. The second-order valence-electron chi connectivity index (χ2n) is 4.54. The lowest BCUT2D eigenvalue weighted by Gasteiger charge is -2.29. The van der Waals surface area contributed by atoms with E-state index in [1.54, 1.807) is 6.20 Å². The number of rotatable bonds is 8. The maximum absolute atomic E-state index is 9.49. The van der Waals surface area contributed by atoms with Crippen LogP contribution < -0.4 is 10.1 Å². The van der Waals surface area contributed by atoms with Crippen LogP contribution in [0, 0.1) is 5.41 Å². The van der Waals surface area contributed by atoms with E-state index in [1.165, 1.54) is 0 Å². The molecular weight excluding hydrogens is 228 g/mol. The van der Waals surface area contributed by atoms with E-state index >= 15 is 0 Å². The van der Waals surface area contributed by atoms with Gasteiger partial charge in [0.2, 0.25) is 5.88 Å². The van der Waals surface area contributed by atoms with Gasteiger partial charge >= 0.3 is 0 Å². The number of hydrogen-bond acceptors (Lipinski definition) is 4. The number of ether oxygens (including phenoxy) is 1. The van der Waals surface area contributed by atoms with Gasteiger partial charge in [-0.25, -0.2) is 4.98 Å². The lowest BCUT2D eigenvalue weighted by atomic mass is 9.83. The largest absolute Gasteiger partial charge is 0.478 e. The summed E-state index contributed by atoms with van der Waals surface area (Å²) in [7, 11) is 0. The summed E-state index contributed by atoms with van der Waals surface area (Å²) >= 11 is 0. The van der Waals surface area contributed by atoms with Gasteiger partial charge in [0, 0.05) is 18.0 Å². The standard InChI is InChI=1S/C14H24N2O2/c1-4-14(5-2,11-17)10-16-12-7-8-13(15-9-12)18-6-3/h7-9,16-17H,4-6,10-11H2,1-3H3. The second kappa shape index (κ2) is 7.21. The third-order valence-corrected chi connectivity index (χ3v) is 3.53. The van der Waals surface area contributed by atoms with Crippen LogP contribution in [0.25, 0.3) is 0 Å². The van der Waals surface area contributed by atoms with Crippen molar-refractivity contribution in [3.63, 3.8) is 0 Å². The van der Waals surface area contributed by atoms with Crippen LogP contribution in [0.4, 0.5) is 5.69 Å². The number of anilines is 1. The van der Waals surface area contributed by atoms with Crippen molar-refractivity contribution in [3.05, 3.63) is 18.3 Å². The van der Waals surface area contributed by atoms with Crippen molar-refractivity contribution in [2.45, 2.75) is 33.6 Å². The minimum Gasteiger partial charge on any atom is -0.478 e. The Morgan fingerprint density at radius 3 is 2.44 bits per heavy atom. The summed E-state index contributed by atoms with van der Waals surface area (Å²) in [5, 5.41) is 12.8. The van der Waals surface area contributed by atoms with Gasteiger partial charge in [0.15, 0.2) is 0 Å². The smallest absolute Gasteiger partial charge is 0.213 e. The highest BCUT2D eigenvalue weighted by molar-refractivity contribution is 5.42. The molecule has 0 spiro atoms. The molecule has 0 aromatic carbocycles. The molecule has 0 unspecified atom stereocenters. The van der Waals surface area contributed by atoms with Gasteiger partial charge in [-0.3, -0.25) is 0 Å². The number of nitrogens with zero attached hydrogens (tertiary/aromatic N) is 1. The monoisotopic (exact) mass is 252 g/mol. The van der Waals surface area contributed by atoms with E-state index in [-0.39, 0.29) is 12.0 Å². The predicted molar refractivity (Wildman–Crippen MR) is 74.0 cm³/mol. The van der Waals surface area contributed by atoms with Crippen molar-refractivity contribution in [1.29, 1.82) is 0 Å². The van der Waals surface area contributed by atoms with Gasteiger partial charge in [-0.1, -0.05) is 13.8 Å². The van der Waals surface area contributed by atoms with E-state index in [9.17, 15) is 5.11 Å². The molecular formula is C14H24N2O2. The molecule has 0 saturated heterocycles. The van der Waals surface area contributed by atoms with Gasteiger partial charge in [0.05, 0.1) is 25.1 Å². The summed E-state index contributed by atoms with van der Waals surface area (Å²) in [6.45, 7) is 7.74. The minimum absolute atomic E-state index is 0.0431. The predicted octanol–water partition coefficient (Wildman–Crippen LogP) is 2.69. The maximum atomic E-state index is 9.49. The Morgan fingerprint density at radius 2 is 2.00 bits per heavy atom. The second-order valence-corrected chi connectivity index (χ2v) is 4.54. The molecule has 0 bridgehead atoms. The van der Waals surface area contributed by atoms with E-state index in [0.29, 0.717) is 12.5 Å². The number of pyridine rings is 1. The molecule has 18 heavy (non-hydrogen) atoms. The Morgan fingerprint density at radius 1 is 1.28 bits per heavy atom. The summed E-state index contributed by atoms with van der Waals surface area (Å²) in [4.78, 5) is 4.20. The van der Waals surface area contributed by atoms with Crippen LogP contribution in [0.5, 0.6) is 5.88 Å². The zero-order chi connectivity index (χ0) is 13.4. The zero-order valence-corrected chi connectivity index (χ0v) is 11.6. The highest BCUT2D eigenvalue weighted by Gasteiger charge is 2.24. The molecule has 0 aliphatic carbocycles. The third-order valence-electron chi connectivity index (χ3n) is 3.53. The number of aliphatic hydroxyl groups excluding tert-OH is 1. The first-order valence-corrected chi connectivity index (χ1v) is 6.63. The van der Waals surface area contributed by atoms with E-state index in [1.807, 2.05) is 19.1 Å². The molecule has 1 rings (SSSR count). The number of aliphatic hydroxyl groups is 1. The fourth-order valence-corrected chi connectivity index (χ4v) is 1.79. The maximum Gasteiger partial charge on any atom is 0.213 e. The van der Waals surface area contributed by atoms with E-state index in [4.69, 9.17) is 4.74 Å². The molecule has 4 nitrogen and oxygen atoms in total. The van der Waals surface area contributed by atoms with Crippen LogP contribution in [0.15, 0.2) is 18.3 Å². The molecule has 0 aliphatic rings. The molecule has 2 N–H and O–H groups in total. The lowest BCUT2D eigenvalue weighted by Crippen LogP contribution is -2.32. The van der Waals surface area contributed by atoms with E-state index in [2.05, 4.69) is 24.1 Å². The topological polar surface area (TPSA) is 54.4 Å². The van der Waals surface area contributed by atoms with Crippen molar-refractivity contribution >= 4 is 5.69 Å². The van der Waals surface area contributed by atoms with Crippen molar-refractivity contribution in [2.75, 3.05) is 25.1 Å². The first kappa shape index (κ1) is 14.8. The van der Waals surface area contributed by atoms with Gasteiger partial charge < -0.3 is 15.2 Å². The quantitative estimate of drug-likeness (QED) is 0.747. The molecule has 0 atom stereocenters. The highest BCUT2D eigenvalue weighted by Crippen LogP contribution is 2.26.